The summed E-state index contributed by atoms with van der Waals surface area (Å²) in [4.78, 5) is 0. The molecule has 20 heavy (non-hydrogen) atoms. The van der Waals surface area contributed by atoms with Crippen molar-refractivity contribution in [1.82, 2.24) is 0 Å². The lowest BCUT2D eigenvalue weighted by atomic mass is 9.97. The first-order chi connectivity index (χ1) is 9.69. The summed E-state index contributed by atoms with van der Waals surface area (Å²) in [5.74, 6) is 1.34. The van der Waals surface area contributed by atoms with Crippen molar-refractivity contribution in [3.05, 3.63) is 23.8 Å². The van der Waals surface area contributed by atoms with Crippen LogP contribution >= 0.6 is 0 Å². The van der Waals surface area contributed by atoms with Gasteiger partial charge in [0.1, 0.15) is 6.61 Å². The fourth-order valence-corrected chi connectivity index (χ4v) is 2.42. The highest BCUT2D eigenvalue weighted by atomic mass is 16.5. The Kier molecular flexibility index (Phi) is 4.23. The van der Waals surface area contributed by atoms with E-state index in [-0.39, 0.29) is 11.5 Å². The molecule has 1 aliphatic rings. The van der Waals surface area contributed by atoms with Gasteiger partial charge in [-0.25, -0.2) is 0 Å². The van der Waals surface area contributed by atoms with Crippen molar-refractivity contribution in [2.75, 3.05) is 20.8 Å². The molecule has 1 aliphatic heterocycles. The van der Waals surface area contributed by atoms with E-state index in [4.69, 9.17) is 14.2 Å². The molecule has 1 aromatic rings. The minimum absolute atomic E-state index is 0.0333. The van der Waals surface area contributed by atoms with Gasteiger partial charge in [0.05, 0.1) is 14.2 Å². The van der Waals surface area contributed by atoms with Gasteiger partial charge in [-0.1, -0.05) is 32.1 Å². The molecule has 0 amide bonds. The molecule has 4 nitrogen and oxygen atoms in total. The molecular formula is C16H20O4. The number of methoxy groups -OCH3 is 2. The average molecular weight is 276 g/mol. The van der Waals surface area contributed by atoms with Crippen molar-refractivity contribution in [3.8, 4) is 23.0 Å². The quantitative estimate of drug-likeness (QED) is 0.892. The number of phenols is 1. The summed E-state index contributed by atoms with van der Waals surface area (Å²) in [7, 11) is 3.02. The lowest BCUT2D eigenvalue weighted by Gasteiger charge is -2.15. The van der Waals surface area contributed by atoms with Crippen molar-refractivity contribution in [3.63, 3.8) is 0 Å². The number of hydrogen-bond acceptors (Lipinski definition) is 4. The first kappa shape index (κ1) is 14.3. The standard InChI is InChI=1S/C16H20O4/c1-5-7-8-10-9-20-14-12(10)11(6-2)13(17)15(18-3)16(14)19-4/h6,8,17H,2,5,7,9H2,1,3-4H3/b10-8+. The molecule has 1 heterocycles. The Morgan fingerprint density at radius 3 is 2.55 bits per heavy atom. The average Bonchev–Trinajstić information content (AvgIpc) is 2.87. The van der Waals surface area contributed by atoms with Crippen molar-refractivity contribution in [1.29, 1.82) is 0 Å². The molecule has 0 atom stereocenters. The van der Waals surface area contributed by atoms with E-state index in [1.54, 1.807) is 6.08 Å². The van der Waals surface area contributed by atoms with Crippen LogP contribution in [0.15, 0.2) is 12.7 Å². The second-order valence-corrected chi connectivity index (χ2v) is 4.54. The molecule has 0 saturated carbocycles. The van der Waals surface area contributed by atoms with Gasteiger partial charge in [0.2, 0.25) is 11.5 Å². The van der Waals surface area contributed by atoms with E-state index >= 15 is 0 Å². The SMILES string of the molecule is C=Cc1c(O)c(OC)c(OC)c2c1/C(=C/CCC)CO2. The molecule has 1 aromatic carbocycles. The van der Waals surface area contributed by atoms with E-state index in [1.165, 1.54) is 14.2 Å². The number of fused-ring (bicyclic) bond motifs is 1. The number of unbranched alkanes of at least 4 members (excludes halogenated alkanes) is 1. The molecule has 0 aliphatic carbocycles. The van der Waals surface area contributed by atoms with Crippen LogP contribution in [0.25, 0.3) is 11.6 Å². The smallest absolute Gasteiger partial charge is 0.207 e. The van der Waals surface area contributed by atoms with Gasteiger partial charge in [-0.05, 0) is 12.0 Å². The minimum Gasteiger partial charge on any atom is -0.504 e. The molecule has 0 aromatic heterocycles. The minimum atomic E-state index is 0.0333. The van der Waals surface area contributed by atoms with Crippen LogP contribution in [0.5, 0.6) is 23.0 Å². The maximum atomic E-state index is 10.3. The molecule has 0 fully saturated rings. The molecular weight excluding hydrogens is 256 g/mol. The third-order valence-corrected chi connectivity index (χ3v) is 3.36. The Balaban J connectivity index is 2.72. The van der Waals surface area contributed by atoms with Gasteiger partial charge in [0, 0.05) is 11.1 Å². The van der Waals surface area contributed by atoms with Gasteiger partial charge >= 0.3 is 0 Å². The van der Waals surface area contributed by atoms with Crippen LogP contribution in [-0.4, -0.2) is 25.9 Å². The largest absolute Gasteiger partial charge is 0.504 e. The predicted molar refractivity (Wildman–Crippen MR) is 79.7 cm³/mol. The van der Waals surface area contributed by atoms with Crippen LogP contribution < -0.4 is 14.2 Å². The third-order valence-electron chi connectivity index (χ3n) is 3.36. The van der Waals surface area contributed by atoms with Gasteiger partial charge in [-0.3, -0.25) is 0 Å². The number of phenolic OH excluding ortho intramolecular Hbond substituents is 1. The molecule has 4 heteroatoms. The summed E-state index contributed by atoms with van der Waals surface area (Å²) in [5, 5.41) is 10.3. The van der Waals surface area contributed by atoms with Crippen LogP contribution in [0.4, 0.5) is 0 Å². The predicted octanol–water partition coefficient (Wildman–Crippen LogP) is 3.63. The van der Waals surface area contributed by atoms with Crippen LogP contribution in [0.2, 0.25) is 0 Å². The molecule has 108 valence electrons. The molecule has 0 radical (unpaired) electrons. The van der Waals surface area contributed by atoms with Gasteiger partial charge < -0.3 is 19.3 Å². The fraction of sp³-hybridized carbons (Fsp3) is 0.375. The Morgan fingerprint density at radius 1 is 1.30 bits per heavy atom. The van der Waals surface area contributed by atoms with Crippen molar-refractivity contribution in [2.24, 2.45) is 0 Å². The van der Waals surface area contributed by atoms with E-state index in [2.05, 4.69) is 19.6 Å². The number of rotatable bonds is 5. The first-order valence-corrected chi connectivity index (χ1v) is 6.65. The van der Waals surface area contributed by atoms with Crippen LogP contribution in [-0.2, 0) is 0 Å². The van der Waals surface area contributed by atoms with Crippen LogP contribution in [0.1, 0.15) is 30.9 Å². The zero-order valence-corrected chi connectivity index (χ0v) is 12.2. The van der Waals surface area contributed by atoms with Crippen molar-refractivity contribution >= 4 is 11.6 Å². The number of ether oxygens (including phenoxy) is 3. The van der Waals surface area contributed by atoms with Gasteiger partial charge in [0.25, 0.3) is 0 Å². The second kappa shape index (κ2) is 5.90. The van der Waals surface area contributed by atoms with E-state index < -0.39 is 0 Å². The normalized spacial score (nSPS) is 14.8. The monoisotopic (exact) mass is 276 g/mol. The Hall–Kier alpha value is -2.10. The summed E-state index contributed by atoms with van der Waals surface area (Å²) < 4.78 is 16.3. The molecule has 2 rings (SSSR count). The zero-order chi connectivity index (χ0) is 14.7. The number of allylic oxidation sites excluding steroid dienone is 1. The Bertz CT molecular complexity index is 558. The highest BCUT2D eigenvalue weighted by molar-refractivity contribution is 5.88. The van der Waals surface area contributed by atoms with Crippen LogP contribution in [0, 0.1) is 0 Å². The second-order valence-electron chi connectivity index (χ2n) is 4.54. The third kappa shape index (κ3) is 2.11. The molecule has 1 N–H and O–H groups in total. The number of benzene rings is 1. The fourth-order valence-electron chi connectivity index (χ4n) is 2.42. The summed E-state index contributed by atoms with van der Waals surface area (Å²) in [6.07, 6.45) is 5.76. The summed E-state index contributed by atoms with van der Waals surface area (Å²) in [5.41, 5.74) is 2.52. The maximum absolute atomic E-state index is 10.3. The molecule has 0 spiro atoms. The highest BCUT2D eigenvalue weighted by Crippen LogP contribution is 2.54. The number of aromatic hydroxyl groups is 1. The maximum Gasteiger partial charge on any atom is 0.207 e. The topological polar surface area (TPSA) is 47.9 Å². The van der Waals surface area contributed by atoms with E-state index in [1.807, 2.05) is 0 Å². The molecule has 0 bridgehead atoms. The Labute approximate surface area is 119 Å². The van der Waals surface area contributed by atoms with Crippen molar-refractivity contribution < 1.29 is 19.3 Å². The lowest BCUT2D eigenvalue weighted by Crippen LogP contribution is -1.96. The van der Waals surface area contributed by atoms with Gasteiger partial charge in [-0.15, -0.1) is 0 Å². The summed E-state index contributed by atoms with van der Waals surface area (Å²) >= 11 is 0. The van der Waals surface area contributed by atoms with Gasteiger partial charge in [0.15, 0.2) is 11.5 Å². The first-order valence-electron chi connectivity index (χ1n) is 6.65. The van der Waals surface area contributed by atoms with Crippen LogP contribution in [0.3, 0.4) is 0 Å². The van der Waals surface area contributed by atoms with E-state index in [0.717, 1.165) is 24.0 Å². The Morgan fingerprint density at radius 2 is 2.00 bits per heavy atom. The number of hydrogen-bond donors (Lipinski definition) is 1. The van der Waals surface area contributed by atoms with Gasteiger partial charge in [-0.2, -0.15) is 0 Å². The van der Waals surface area contributed by atoms with Crippen molar-refractivity contribution in [2.45, 2.75) is 19.8 Å². The summed E-state index contributed by atoms with van der Waals surface area (Å²) in [6.45, 7) is 6.37. The molecule has 0 unspecified atom stereocenters. The van der Waals surface area contributed by atoms with E-state index in [9.17, 15) is 5.11 Å². The highest BCUT2D eigenvalue weighted by Gasteiger charge is 2.31. The van der Waals surface area contributed by atoms with E-state index in [0.29, 0.717) is 23.7 Å². The lowest BCUT2D eigenvalue weighted by molar-refractivity contribution is 0.307. The zero-order valence-electron chi connectivity index (χ0n) is 12.2. The molecule has 0 saturated heterocycles. The summed E-state index contributed by atoms with van der Waals surface area (Å²) in [6, 6.07) is 0.